The molecule has 2 N–H and O–H groups in total. The minimum absolute atomic E-state index is 0.0672. The third-order valence-corrected chi connectivity index (χ3v) is 4.71. The third kappa shape index (κ3) is 3.67. The molecule has 7 heteroatoms. The molecule has 0 bridgehead atoms. The molecular formula is C17H23N5O2. The largest absolute Gasteiger partial charge is 0.361 e. The second-order valence-corrected chi connectivity index (χ2v) is 6.75. The lowest BCUT2D eigenvalue weighted by molar-refractivity contribution is -0.122. The molecule has 24 heavy (non-hydrogen) atoms. The number of piperidine rings is 1. The Morgan fingerprint density at radius 2 is 2.29 bits per heavy atom. The zero-order valence-electron chi connectivity index (χ0n) is 13.7. The van der Waals surface area contributed by atoms with Gasteiger partial charge in [0, 0.05) is 30.6 Å². The van der Waals surface area contributed by atoms with E-state index in [9.17, 15) is 4.79 Å². The van der Waals surface area contributed by atoms with E-state index < -0.39 is 0 Å². The molecule has 7 nitrogen and oxygen atoms in total. The van der Waals surface area contributed by atoms with Crippen LogP contribution in [0.3, 0.4) is 0 Å². The minimum atomic E-state index is -0.0672. The van der Waals surface area contributed by atoms with E-state index in [1.54, 1.807) is 4.68 Å². The summed E-state index contributed by atoms with van der Waals surface area (Å²) in [5, 5.41) is 14.8. The van der Waals surface area contributed by atoms with Crippen LogP contribution in [0.1, 0.15) is 54.7 Å². The molecule has 1 amide bonds. The van der Waals surface area contributed by atoms with Crippen molar-refractivity contribution in [1.82, 2.24) is 25.6 Å². The summed E-state index contributed by atoms with van der Waals surface area (Å²) in [6.07, 6.45) is 6.58. The Hall–Kier alpha value is -2.15. The van der Waals surface area contributed by atoms with E-state index in [0.717, 1.165) is 36.7 Å². The smallest absolute Gasteiger partial charge is 0.242 e. The second-order valence-electron chi connectivity index (χ2n) is 6.75. The van der Waals surface area contributed by atoms with Gasteiger partial charge in [-0.15, -0.1) is 0 Å². The molecule has 1 atom stereocenters. The van der Waals surface area contributed by atoms with Gasteiger partial charge in [0.1, 0.15) is 18.0 Å². The number of amides is 1. The number of carbonyl (C=O) groups excluding carboxylic acids is 1. The van der Waals surface area contributed by atoms with Crippen molar-refractivity contribution in [2.75, 3.05) is 13.1 Å². The van der Waals surface area contributed by atoms with Crippen LogP contribution in [0.4, 0.5) is 0 Å². The number of hydrogen-bond donors (Lipinski definition) is 2. The Labute approximate surface area is 140 Å². The van der Waals surface area contributed by atoms with Gasteiger partial charge >= 0.3 is 0 Å². The fourth-order valence-corrected chi connectivity index (χ4v) is 3.15. The summed E-state index contributed by atoms with van der Waals surface area (Å²) in [5.41, 5.74) is 1.85. The molecule has 2 aliphatic rings. The van der Waals surface area contributed by atoms with Crippen LogP contribution in [0.5, 0.6) is 0 Å². The van der Waals surface area contributed by atoms with E-state index >= 15 is 0 Å². The van der Waals surface area contributed by atoms with Crippen molar-refractivity contribution in [3.8, 4) is 0 Å². The maximum absolute atomic E-state index is 12.1. The Bertz CT molecular complexity index is 697. The maximum atomic E-state index is 12.1. The zero-order chi connectivity index (χ0) is 16.4. The first-order valence-corrected chi connectivity index (χ1v) is 8.74. The lowest BCUT2D eigenvalue weighted by Crippen LogP contribution is -2.29. The van der Waals surface area contributed by atoms with Gasteiger partial charge in [0.25, 0.3) is 0 Å². The maximum Gasteiger partial charge on any atom is 0.242 e. The van der Waals surface area contributed by atoms with E-state index in [0.29, 0.717) is 18.4 Å². The van der Waals surface area contributed by atoms with Crippen molar-refractivity contribution in [3.05, 3.63) is 35.5 Å². The highest BCUT2D eigenvalue weighted by Crippen LogP contribution is 2.40. The van der Waals surface area contributed by atoms with Gasteiger partial charge in [-0.05, 0) is 38.3 Å². The topological polar surface area (TPSA) is 85.0 Å². The predicted molar refractivity (Wildman–Crippen MR) is 87.4 cm³/mol. The Morgan fingerprint density at radius 3 is 3.08 bits per heavy atom. The highest BCUT2D eigenvalue weighted by atomic mass is 16.5. The Balaban J connectivity index is 1.26. The SMILES string of the molecule is O=C(Cn1ccc(C2CCCNC2)n1)NCc1cc(C2CC2)on1. The number of aromatic nitrogens is 3. The van der Waals surface area contributed by atoms with E-state index in [-0.39, 0.29) is 12.5 Å². The molecule has 1 aliphatic carbocycles. The molecule has 3 heterocycles. The minimum Gasteiger partial charge on any atom is -0.361 e. The summed E-state index contributed by atoms with van der Waals surface area (Å²) in [5.74, 6) is 1.87. The summed E-state index contributed by atoms with van der Waals surface area (Å²) in [6, 6.07) is 3.96. The van der Waals surface area contributed by atoms with E-state index in [4.69, 9.17) is 4.52 Å². The summed E-state index contributed by atoms with van der Waals surface area (Å²) < 4.78 is 6.99. The zero-order valence-corrected chi connectivity index (χ0v) is 13.7. The van der Waals surface area contributed by atoms with Crippen molar-refractivity contribution >= 4 is 5.91 Å². The molecule has 1 unspecified atom stereocenters. The van der Waals surface area contributed by atoms with E-state index in [2.05, 4.69) is 20.9 Å². The lowest BCUT2D eigenvalue weighted by atomic mass is 9.97. The molecular weight excluding hydrogens is 306 g/mol. The van der Waals surface area contributed by atoms with Crippen molar-refractivity contribution < 1.29 is 9.32 Å². The van der Waals surface area contributed by atoms with Gasteiger partial charge in [0.2, 0.25) is 5.91 Å². The molecule has 128 valence electrons. The average molecular weight is 329 g/mol. The number of nitrogens with one attached hydrogen (secondary N) is 2. The van der Waals surface area contributed by atoms with Crippen LogP contribution in [0.25, 0.3) is 0 Å². The van der Waals surface area contributed by atoms with Crippen LogP contribution >= 0.6 is 0 Å². The molecule has 4 rings (SSSR count). The monoisotopic (exact) mass is 329 g/mol. The van der Waals surface area contributed by atoms with Crippen LogP contribution in [-0.4, -0.2) is 33.9 Å². The molecule has 0 radical (unpaired) electrons. The van der Waals surface area contributed by atoms with E-state index in [1.807, 2.05) is 18.3 Å². The van der Waals surface area contributed by atoms with E-state index in [1.165, 1.54) is 19.3 Å². The molecule has 0 aromatic carbocycles. The number of hydrogen-bond acceptors (Lipinski definition) is 5. The van der Waals surface area contributed by atoms with Gasteiger partial charge in [0.05, 0.1) is 12.2 Å². The number of rotatable bonds is 6. The summed E-state index contributed by atoms with van der Waals surface area (Å²) >= 11 is 0. The highest BCUT2D eigenvalue weighted by Gasteiger charge is 2.27. The van der Waals surface area contributed by atoms with Gasteiger partial charge < -0.3 is 15.2 Å². The first-order chi connectivity index (χ1) is 11.8. The second kappa shape index (κ2) is 6.76. The van der Waals surface area contributed by atoms with Gasteiger partial charge in [0.15, 0.2) is 0 Å². The molecule has 1 saturated heterocycles. The first kappa shape index (κ1) is 15.4. The van der Waals surface area contributed by atoms with Crippen LogP contribution in [0.2, 0.25) is 0 Å². The summed E-state index contributed by atoms with van der Waals surface area (Å²) in [7, 11) is 0. The number of carbonyl (C=O) groups is 1. The molecule has 2 fully saturated rings. The van der Waals surface area contributed by atoms with Gasteiger partial charge in [-0.25, -0.2) is 0 Å². The molecule has 1 aliphatic heterocycles. The molecule has 2 aromatic heterocycles. The van der Waals surface area contributed by atoms with Crippen molar-refractivity contribution in [2.45, 2.75) is 50.6 Å². The lowest BCUT2D eigenvalue weighted by Gasteiger charge is -2.20. The van der Waals surface area contributed by atoms with Crippen molar-refractivity contribution in [3.63, 3.8) is 0 Å². The fraction of sp³-hybridized carbons (Fsp3) is 0.588. The summed E-state index contributed by atoms with van der Waals surface area (Å²) in [6.45, 7) is 2.69. The normalized spacial score (nSPS) is 20.9. The quantitative estimate of drug-likeness (QED) is 0.839. The fourth-order valence-electron chi connectivity index (χ4n) is 3.15. The third-order valence-electron chi connectivity index (χ3n) is 4.71. The Kier molecular flexibility index (Phi) is 4.34. The first-order valence-electron chi connectivity index (χ1n) is 8.74. The van der Waals surface area contributed by atoms with Gasteiger partial charge in [-0.1, -0.05) is 5.16 Å². The van der Waals surface area contributed by atoms with Crippen LogP contribution in [0, 0.1) is 0 Å². The standard InChI is InChI=1S/C17H23N5O2/c23-17(19-10-14-8-16(24-21-14)12-3-4-12)11-22-7-5-15(20-22)13-2-1-6-18-9-13/h5,7-8,12-13,18H,1-4,6,9-11H2,(H,19,23). The number of nitrogens with zero attached hydrogens (tertiary/aromatic N) is 3. The van der Waals surface area contributed by atoms with Crippen molar-refractivity contribution in [2.24, 2.45) is 0 Å². The van der Waals surface area contributed by atoms with Crippen LogP contribution in [0.15, 0.2) is 22.9 Å². The van der Waals surface area contributed by atoms with Gasteiger partial charge in [-0.3, -0.25) is 9.48 Å². The predicted octanol–water partition coefficient (Wildman–Crippen LogP) is 1.53. The highest BCUT2D eigenvalue weighted by molar-refractivity contribution is 5.75. The van der Waals surface area contributed by atoms with Crippen LogP contribution < -0.4 is 10.6 Å². The van der Waals surface area contributed by atoms with Crippen molar-refractivity contribution in [1.29, 1.82) is 0 Å². The Morgan fingerprint density at radius 1 is 1.38 bits per heavy atom. The van der Waals surface area contributed by atoms with Gasteiger partial charge in [-0.2, -0.15) is 5.10 Å². The summed E-state index contributed by atoms with van der Waals surface area (Å²) in [4.78, 5) is 12.1. The van der Waals surface area contributed by atoms with Crippen LogP contribution in [-0.2, 0) is 17.9 Å². The molecule has 0 spiro atoms. The molecule has 2 aromatic rings. The molecule has 1 saturated carbocycles. The average Bonchev–Trinajstić information content (AvgIpc) is 3.17.